The summed E-state index contributed by atoms with van der Waals surface area (Å²) in [7, 11) is 0. The maximum atomic E-state index is 12.9. The van der Waals surface area contributed by atoms with Crippen LogP contribution in [0.4, 0.5) is 17.3 Å². The lowest BCUT2D eigenvalue weighted by molar-refractivity contribution is -0.160. The second-order valence-electron chi connectivity index (χ2n) is 15.5. The SMILES string of the molecule is Cc1nc(C)c(C(OC(C)(C)C)C(=O)O)c(N2CCC(C)(C)CC2)c1-c1ccc2c(c1)CCN(c1cc(N3CCCCC3)ncn1)C2. The molecule has 3 aromatic rings. The van der Waals surface area contributed by atoms with E-state index in [0.29, 0.717) is 11.3 Å². The number of aryl methyl sites for hydroxylation is 2. The Morgan fingerprint density at radius 3 is 2.21 bits per heavy atom. The van der Waals surface area contributed by atoms with Gasteiger partial charge in [0, 0.05) is 67.8 Å². The number of carbonyl (C=O) groups is 1. The molecule has 5 heterocycles. The van der Waals surface area contributed by atoms with Crippen LogP contribution in [0, 0.1) is 19.3 Å². The van der Waals surface area contributed by atoms with Crippen LogP contribution in [0.5, 0.6) is 0 Å². The average molecular weight is 641 g/mol. The van der Waals surface area contributed by atoms with Gasteiger partial charge in [0.15, 0.2) is 6.10 Å². The first-order valence-corrected chi connectivity index (χ1v) is 17.4. The Hall–Kier alpha value is -3.72. The molecule has 3 aliphatic rings. The Kier molecular flexibility index (Phi) is 9.22. The largest absolute Gasteiger partial charge is 0.479 e. The number of ether oxygens (including phenoxy) is 1. The van der Waals surface area contributed by atoms with Crippen LogP contribution in [0.15, 0.2) is 30.6 Å². The van der Waals surface area contributed by atoms with E-state index in [4.69, 9.17) is 9.72 Å². The van der Waals surface area contributed by atoms with E-state index in [9.17, 15) is 9.90 Å². The predicted octanol–water partition coefficient (Wildman–Crippen LogP) is 7.28. The molecule has 0 spiro atoms. The van der Waals surface area contributed by atoms with Crippen LogP contribution < -0.4 is 14.7 Å². The van der Waals surface area contributed by atoms with Gasteiger partial charge < -0.3 is 24.5 Å². The summed E-state index contributed by atoms with van der Waals surface area (Å²) >= 11 is 0. The Morgan fingerprint density at radius 1 is 0.872 bits per heavy atom. The highest BCUT2D eigenvalue weighted by atomic mass is 16.5. The fourth-order valence-electron chi connectivity index (χ4n) is 7.47. The summed E-state index contributed by atoms with van der Waals surface area (Å²) in [6.07, 6.45) is 7.28. The molecule has 0 aliphatic carbocycles. The maximum Gasteiger partial charge on any atom is 0.337 e. The zero-order valence-electron chi connectivity index (χ0n) is 29.4. The lowest BCUT2D eigenvalue weighted by Gasteiger charge is -2.41. The molecule has 9 nitrogen and oxygen atoms in total. The number of pyridine rings is 1. The van der Waals surface area contributed by atoms with Crippen molar-refractivity contribution in [3.05, 3.63) is 58.7 Å². The number of carboxylic acids is 1. The van der Waals surface area contributed by atoms with E-state index in [-0.39, 0.29) is 5.41 Å². The number of hydrogen-bond donors (Lipinski definition) is 1. The quantitative estimate of drug-likeness (QED) is 0.286. The van der Waals surface area contributed by atoms with Crippen LogP contribution in [0.25, 0.3) is 11.1 Å². The van der Waals surface area contributed by atoms with Crippen molar-refractivity contribution in [1.29, 1.82) is 0 Å². The molecule has 0 amide bonds. The van der Waals surface area contributed by atoms with Gasteiger partial charge in [0.25, 0.3) is 0 Å². The van der Waals surface area contributed by atoms with Gasteiger partial charge in [-0.25, -0.2) is 14.8 Å². The number of anilines is 3. The molecule has 0 saturated carbocycles. The standard InChI is InChI=1S/C38H52N6O3/c1-25-32(34(43-19-14-38(6,7)15-20-43)33(26(2)41-25)35(36(45)46)47-37(3,4)5)28-11-12-29-23-44(18-13-27(29)21-28)31-22-30(39-24-40-31)42-16-9-8-10-17-42/h11-12,21-22,24,35H,8-10,13-20,23H2,1-7H3,(H,45,46). The van der Waals surface area contributed by atoms with Gasteiger partial charge in [-0.05, 0) is 95.2 Å². The molecule has 2 fully saturated rings. The first-order valence-electron chi connectivity index (χ1n) is 17.4. The highest BCUT2D eigenvalue weighted by Gasteiger charge is 2.36. The van der Waals surface area contributed by atoms with Gasteiger partial charge in [0.2, 0.25) is 0 Å². The normalized spacial score (nSPS) is 19.0. The van der Waals surface area contributed by atoms with E-state index >= 15 is 0 Å². The molecule has 1 aromatic carbocycles. The summed E-state index contributed by atoms with van der Waals surface area (Å²) in [6.45, 7) is 19.8. The topological polar surface area (TPSA) is 94.9 Å². The molecule has 2 aromatic heterocycles. The molecular weight excluding hydrogens is 588 g/mol. The minimum Gasteiger partial charge on any atom is -0.479 e. The summed E-state index contributed by atoms with van der Waals surface area (Å²) in [6, 6.07) is 8.90. The van der Waals surface area contributed by atoms with Gasteiger partial charge >= 0.3 is 5.97 Å². The lowest BCUT2D eigenvalue weighted by Crippen LogP contribution is -2.39. The third-order valence-corrected chi connectivity index (χ3v) is 10.1. The lowest BCUT2D eigenvalue weighted by atomic mass is 9.81. The van der Waals surface area contributed by atoms with Crippen molar-refractivity contribution in [2.45, 2.75) is 105 Å². The zero-order valence-corrected chi connectivity index (χ0v) is 29.4. The number of nitrogens with zero attached hydrogens (tertiary/aromatic N) is 6. The Bertz CT molecular complexity index is 1610. The van der Waals surface area contributed by atoms with Crippen LogP contribution in [0.2, 0.25) is 0 Å². The number of carboxylic acid groups (broad SMARTS) is 1. The van der Waals surface area contributed by atoms with Crippen molar-refractivity contribution in [3.63, 3.8) is 0 Å². The van der Waals surface area contributed by atoms with E-state index in [2.05, 4.69) is 69.7 Å². The number of aromatic nitrogens is 3. The molecule has 1 N–H and O–H groups in total. The molecule has 0 radical (unpaired) electrons. The first kappa shape index (κ1) is 33.2. The van der Waals surface area contributed by atoms with E-state index in [1.54, 1.807) is 6.33 Å². The molecule has 3 aliphatic heterocycles. The van der Waals surface area contributed by atoms with Crippen molar-refractivity contribution in [2.24, 2.45) is 5.41 Å². The highest BCUT2D eigenvalue weighted by Crippen LogP contribution is 2.45. The van der Waals surface area contributed by atoms with Crippen LogP contribution in [0.1, 0.15) is 101 Å². The Balaban J connectivity index is 1.37. The maximum absolute atomic E-state index is 12.9. The molecule has 0 bridgehead atoms. The number of fused-ring (bicyclic) bond motifs is 1. The number of aliphatic carboxylic acids is 1. The fraction of sp³-hybridized carbons (Fsp3) is 0.579. The molecule has 47 heavy (non-hydrogen) atoms. The summed E-state index contributed by atoms with van der Waals surface area (Å²) in [5.74, 6) is 1.02. The van der Waals surface area contributed by atoms with E-state index < -0.39 is 17.7 Å². The monoisotopic (exact) mass is 640 g/mol. The second-order valence-corrected chi connectivity index (χ2v) is 15.5. The van der Waals surface area contributed by atoms with Crippen molar-refractivity contribution in [3.8, 4) is 11.1 Å². The van der Waals surface area contributed by atoms with Crippen molar-refractivity contribution >= 4 is 23.3 Å². The fourth-order valence-corrected chi connectivity index (χ4v) is 7.47. The van der Waals surface area contributed by atoms with E-state index in [0.717, 1.165) is 92.7 Å². The smallest absolute Gasteiger partial charge is 0.337 e. The minimum absolute atomic E-state index is 0.248. The van der Waals surface area contributed by atoms with Crippen molar-refractivity contribution in [1.82, 2.24) is 15.0 Å². The van der Waals surface area contributed by atoms with Gasteiger partial charge in [0.1, 0.15) is 18.0 Å². The van der Waals surface area contributed by atoms with Crippen LogP contribution in [-0.4, -0.2) is 64.4 Å². The third-order valence-electron chi connectivity index (χ3n) is 10.1. The first-order chi connectivity index (χ1) is 22.3. The van der Waals surface area contributed by atoms with Crippen LogP contribution in [-0.2, 0) is 22.5 Å². The summed E-state index contributed by atoms with van der Waals surface area (Å²) in [5.41, 5.74) is 7.57. The molecule has 6 rings (SSSR count). The summed E-state index contributed by atoms with van der Waals surface area (Å²) in [5, 5.41) is 10.5. The molecule has 2 saturated heterocycles. The summed E-state index contributed by atoms with van der Waals surface area (Å²) in [4.78, 5) is 34.3. The van der Waals surface area contributed by atoms with Crippen molar-refractivity contribution < 1.29 is 14.6 Å². The molecule has 252 valence electrons. The van der Waals surface area contributed by atoms with Gasteiger partial charge in [-0.3, -0.25) is 4.98 Å². The van der Waals surface area contributed by atoms with E-state index in [1.165, 1.54) is 30.4 Å². The zero-order chi connectivity index (χ0) is 33.5. The van der Waals surface area contributed by atoms with Gasteiger partial charge in [-0.2, -0.15) is 0 Å². The number of rotatable bonds is 7. The highest BCUT2D eigenvalue weighted by molar-refractivity contribution is 5.88. The molecule has 9 heteroatoms. The second kappa shape index (κ2) is 13.1. The van der Waals surface area contributed by atoms with Crippen LogP contribution >= 0.6 is 0 Å². The predicted molar refractivity (Wildman–Crippen MR) is 188 cm³/mol. The Labute approximate surface area is 280 Å². The van der Waals surface area contributed by atoms with Gasteiger partial charge in [-0.1, -0.05) is 32.0 Å². The Morgan fingerprint density at radius 2 is 1.55 bits per heavy atom. The van der Waals surface area contributed by atoms with Crippen LogP contribution in [0.3, 0.4) is 0 Å². The molecular formula is C38H52N6O3. The average Bonchev–Trinajstić information content (AvgIpc) is 3.03. The number of hydrogen-bond acceptors (Lipinski definition) is 8. The van der Waals surface area contributed by atoms with Gasteiger partial charge in [-0.15, -0.1) is 0 Å². The van der Waals surface area contributed by atoms with E-state index in [1.807, 2.05) is 27.7 Å². The molecule has 1 unspecified atom stereocenters. The molecule has 1 atom stereocenters. The third kappa shape index (κ3) is 7.25. The minimum atomic E-state index is -1.12. The number of benzene rings is 1. The van der Waals surface area contributed by atoms with Crippen molar-refractivity contribution in [2.75, 3.05) is 47.4 Å². The summed E-state index contributed by atoms with van der Waals surface area (Å²) < 4.78 is 6.28. The number of piperidine rings is 2. The van der Waals surface area contributed by atoms with Gasteiger partial charge in [0.05, 0.1) is 11.3 Å².